The topological polar surface area (TPSA) is 41.6 Å². The Morgan fingerprint density at radius 1 is 1.36 bits per heavy atom. The predicted octanol–water partition coefficient (Wildman–Crippen LogP) is 2.17. The van der Waals surface area contributed by atoms with Gasteiger partial charge in [0.15, 0.2) is 5.65 Å². The van der Waals surface area contributed by atoms with Gasteiger partial charge in [0.2, 0.25) is 0 Å². The summed E-state index contributed by atoms with van der Waals surface area (Å²) in [6, 6.07) is 0. The van der Waals surface area contributed by atoms with Crippen molar-refractivity contribution in [2.24, 2.45) is 0 Å². The smallest absolute Gasteiger partial charge is 0.157 e. The quantitative estimate of drug-likeness (QED) is 0.722. The Bertz CT molecular complexity index is 396. The zero-order chi connectivity index (χ0) is 7.84. The average molecular weight is 371 g/mol. The van der Waals surface area contributed by atoms with Gasteiger partial charge in [0, 0.05) is 6.20 Å². The molecule has 0 unspecified atom stereocenters. The number of rotatable bonds is 0. The van der Waals surface area contributed by atoms with Crippen LogP contribution in [0.2, 0.25) is 0 Å². The van der Waals surface area contributed by atoms with Crippen LogP contribution < -0.4 is 0 Å². The summed E-state index contributed by atoms with van der Waals surface area (Å²) in [6.07, 6.45) is 3.65. The molecule has 0 aliphatic heterocycles. The van der Waals surface area contributed by atoms with E-state index >= 15 is 0 Å². The van der Waals surface area contributed by atoms with E-state index in [9.17, 15) is 0 Å². The second-order valence-corrected chi connectivity index (χ2v) is 4.29. The Hall–Kier alpha value is 0.0800. The summed E-state index contributed by atoms with van der Waals surface area (Å²) in [4.78, 5) is 11.5. The molecule has 0 aliphatic rings. The Kier molecular flexibility index (Phi) is 2.00. The van der Waals surface area contributed by atoms with Crippen molar-refractivity contribution in [2.45, 2.75) is 0 Å². The molecule has 0 atom stereocenters. The first-order valence-corrected chi connectivity index (χ1v) is 5.08. The largest absolute Gasteiger partial charge is 0.344 e. The first kappa shape index (κ1) is 7.71. The van der Waals surface area contributed by atoms with Gasteiger partial charge in [-0.3, -0.25) is 0 Å². The van der Waals surface area contributed by atoms with Crippen LogP contribution in [0.3, 0.4) is 0 Å². The maximum atomic E-state index is 4.32. The van der Waals surface area contributed by atoms with Crippen LogP contribution in [0.4, 0.5) is 0 Å². The number of aromatic amines is 1. The maximum Gasteiger partial charge on any atom is 0.157 e. The van der Waals surface area contributed by atoms with Gasteiger partial charge in [-0.2, -0.15) is 0 Å². The Labute approximate surface area is 90.3 Å². The molecule has 0 spiro atoms. The molecule has 3 nitrogen and oxygen atoms in total. The highest BCUT2D eigenvalue weighted by Gasteiger charge is 2.02. The van der Waals surface area contributed by atoms with Gasteiger partial charge in [-0.25, -0.2) is 9.97 Å². The van der Waals surface area contributed by atoms with E-state index in [0.29, 0.717) is 0 Å². The number of nitrogens with zero attached hydrogens (tertiary/aromatic N) is 2. The Morgan fingerprint density at radius 2 is 2.18 bits per heavy atom. The predicted molar refractivity (Wildman–Crippen MR) is 59.3 cm³/mol. The normalized spacial score (nSPS) is 10.7. The van der Waals surface area contributed by atoms with Crippen LogP contribution >= 0.6 is 45.2 Å². The number of hydrogen-bond donors (Lipinski definition) is 1. The zero-order valence-electron chi connectivity index (χ0n) is 5.31. The van der Waals surface area contributed by atoms with Gasteiger partial charge >= 0.3 is 0 Å². The van der Waals surface area contributed by atoms with E-state index in [0.717, 1.165) is 18.4 Å². The number of hydrogen-bond acceptors (Lipinski definition) is 2. The summed E-state index contributed by atoms with van der Waals surface area (Å²) in [6.45, 7) is 0. The number of halogens is 2. The third kappa shape index (κ3) is 1.35. The van der Waals surface area contributed by atoms with Crippen molar-refractivity contribution >= 4 is 56.3 Å². The summed E-state index contributed by atoms with van der Waals surface area (Å²) in [5, 5.41) is 0. The summed E-state index contributed by atoms with van der Waals surface area (Å²) in [5.74, 6) is 0. The lowest BCUT2D eigenvalue weighted by atomic mass is 10.5. The van der Waals surface area contributed by atoms with Gasteiger partial charge in [-0.15, -0.1) is 0 Å². The van der Waals surface area contributed by atoms with Gasteiger partial charge in [0.05, 0.1) is 9.77 Å². The average Bonchev–Trinajstić information content (AvgIpc) is 2.33. The first-order chi connectivity index (χ1) is 5.27. The molecule has 2 aromatic rings. The van der Waals surface area contributed by atoms with Crippen molar-refractivity contribution in [3.8, 4) is 0 Å². The third-order valence-corrected chi connectivity index (χ3v) is 2.65. The fourth-order valence-corrected chi connectivity index (χ4v) is 1.75. The molecule has 0 bridgehead atoms. The van der Waals surface area contributed by atoms with E-state index in [2.05, 4.69) is 60.1 Å². The fraction of sp³-hybridized carbons (Fsp3) is 0. The summed E-state index contributed by atoms with van der Waals surface area (Å²) >= 11 is 4.38. The van der Waals surface area contributed by atoms with Crippen LogP contribution in [0.1, 0.15) is 0 Å². The molecule has 0 saturated heterocycles. The number of fused-ring (bicyclic) bond motifs is 1. The third-order valence-electron chi connectivity index (χ3n) is 1.30. The molecule has 0 saturated carbocycles. The number of nitrogens with one attached hydrogen (secondary N) is 1. The minimum atomic E-state index is 0.856. The highest BCUT2D eigenvalue weighted by Crippen LogP contribution is 2.16. The monoisotopic (exact) mass is 371 g/mol. The standard InChI is InChI=1S/C6H3I2N3/c7-3-1-9-6-5(3)11-4(8)2-10-6/h1-2H,(H,9,10). The zero-order valence-corrected chi connectivity index (χ0v) is 9.62. The van der Waals surface area contributed by atoms with Crippen molar-refractivity contribution < 1.29 is 0 Å². The van der Waals surface area contributed by atoms with E-state index < -0.39 is 0 Å². The van der Waals surface area contributed by atoms with Crippen molar-refractivity contribution in [1.82, 2.24) is 15.0 Å². The molecular weight excluding hydrogens is 368 g/mol. The SMILES string of the molecule is Ic1cnc2[nH]cc(I)c2n1. The first-order valence-electron chi connectivity index (χ1n) is 2.92. The maximum absolute atomic E-state index is 4.32. The minimum absolute atomic E-state index is 0.856. The molecule has 1 N–H and O–H groups in total. The van der Waals surface area contributed by atoms with Crippen LogP contribution in [0.15, 0.2) is 12.4 Å². The molecule has 0 amide bonds. The molecule has 0 fully saturated rings. The van der Waals surface area contributed by atoms with Crippen LogP contribution in [0, 0.1) is 7.27 Å². The second-order valence-electron chi connectivity index (χ2n) is 2.03. The molecule has 2 heterocycles. The lowest BCUT2D eigenvalue weighted by Crippen LogP contribution is -1.84. The van der Waals surface area contributed by atoms with E-state index in [4.69, 9.17) is 0 Å². The fourth-order valence-electron chi connectivity index (χ4n) is 0.840. The number of H-pyrrole nitrogens is 1. The minimum Gasteiger partial charge on any atom is -0.344 e. The lowest BCUT2D eigenvalue weighted by Gasteiger charge is -1.89. The highest BCUT2D eigenvalue weighted by molar-refractivity contribution is 14.1. The van der Waals surface area contributed by atoms with Crippen LogP contribution in [0.25, 0.3) is 11.2 Å². The highest BCUT2D eigenvalue weighted by atomic mass is 127. The Balaban J connectivity index is 2.87. The van der Waals surface area contributed by atoms with E-state index in [1.807, 2.05) is 6.20 Å². The number of aromatic nitrogens is 3. The van der Waals surface area contributed by atoms with Crippen molar-refractivity contribution in [2.75, 3.05) is 0 Å². The van der Waals surface area contributed by atoms with Gasteiger partial charge in [0.25, 0.3) is 0 Å². The van der Waals surface area contributed by atoms with Gasteiger partial charge < -0.3 is 4.98 Å². The molecular formula is C6H3I2N3. The van der Waals surface area contributed by atoms with Gasteiger partial charge in [0.1, 0.15) is 9.22 Å². The molecule has 2 aromatic heterocycles. The van der Waals surface area contributed by atoms with Crippen molar-refractivity contribution in [1.29, 1.82) is 0 Å². The molecule has 0 aromatic carbocycles. The lowest BCUT2D eigenvalue weighted by molar-refractivity contribution is 1.23. The van der Waals surface area contributed by atoms with E-state index in [-0.39, 0.29) is 0 Å². The van der Waals surface area contributed by atoms with E-state index in [1.165, 1.54) is 0 Å². The van der Waals surface area contributed by atoms with Crippen LogP contribution in [-0.2, 0) is 0 Å². The molecule has 11 heavy (non-hydrogen) atoms. The molecule has 5 heteroatoms. The molecule has 56 valence electrons. The second kappa shape index (κ2) is 2.85. The molecule has 0 aliphatic carbocycles. The van der Waals surface area contributed by atoms with E-state index in [1.54, 1.807) is 6.20 Å². The van der Waals surface area contributed by atoms with Crippen LogP contribution in [0.5, 0.6) is 0 Å². The van der Waals surface area contributed by atoms with Crippen LogP contribution in [-0.4, -0.2) is 15.0 Å². The van der Waals surface area contributed by atoms with Gasteiger partial charge in [-0.1, -0.05) is 0 Å². The van der Waals surface area contributed by atoms with Crippen molar-refractivity contribution in [3.63, 3.8) is 0 Å². The summed E-state index contributed by atoms with van der Waals surface area (Å²) in [5.41, 5.74) is 1.81. The molecule has 2 rings (SSSR count). The summed E-state index contributed by atoms with van der Waals surface area (Å²) < 4.78 is 2.04. The summed E-state index contributed by atoms with van der Waals surface area (Å²) in [7, 11) is 0. The van der Waals surface area contributed by atoms with Gasteiger partial charge in [-0.05, 0) is 45.2 Å². The Morgan fingerprint density at radius 3 is 3.00 bits per heavy atom. The van der Waals surface area contributed by atoms with Crippen molar-refractivity contribution in [3.05, 3.63) is 19.7 Å². The molecule has 0 radical (unpaired) electrons.